The number of hydrogen-bond acceptors (Lipinski definition) is 1. The molecule has 1 N–H and O–H groups in total. The molecule has 1 nitrogen and oxygen atoms in total. The maximum absolute atomic E-state index is 13.1. The van der Waals surface area contributed by atoms with E-state index in [1.54, 1.807) is 6.07 Å². The molecule has 2 aromatic carbocycles. The summed E-state index contributed by atoms with van der Waals surface area (Å²) < 4.78 is 14.2. The standard InChI is InChI=1S/C17H19BrFN/c1-3-17(13-4-7-15(18)8-5-13)20-11-14-6-9-16(19)10-12(14)2/h4-10,17,20H,3,11H2,1-2H3. The van der Waals surface area contributed by atoms with Crippen LogP contribution in [-0.2, 0) is 6.54 Å². The van der Waals surface area contributed by atoms with E-state index in [-0.39, 0.29) is 5.82 Å². The zero-order valence-electron chi connectivity index (χ0n) is 11.8. The fourth-order valence-electron chi connectivity index (χ4n) is 2.28. The fraction of sp³-hybridized carbons (Fsp3) is 0.294. The van der Waals surface area contributed by atoms with Crippen LogP contribution in [0, 0.1) is 12.7 Å². The van der Waals surface area contributed by atoms with E-state index in [9.17, 15) is 4.39 Å². The van der Waals surface area contributed by atoms with Crippen molar-refractivity contribution < 1.29 is 4.39 Å². The third-order valence-electron chi connectivity index (χ3n) is 3.52. The molecule has 1 atom stereocenters. The summed E-state index contributed by atoms with van der Waals surface area (Å²) in [5.74, 6) is -0.175. The van der Waals surface area contributed by atoms with Gasteiger partial charge >= 0.3 is 0 Å². The predicted molar refractivity (Wildman–Crippen MR) is 85.2 cm³/mol. The summed E-state index contributed by atoms with van der Waals surface area (Å²) in [6.45, 7) is 4.86. The second-order valence-corrected chi connectivity index (χ2v) is 5.88. The first-order chi connectivity index (χ1) is 9.60. The molecule has 2 aromatic rings. The van der Waals surface area contributed by atoms with Crippen molar-refractivity contribution in [1.29, 1.82) is 0 Å². The first-order valence-corrected chi connectivity index (χ1v) is 7.63. The Balaban J connectivity index is 2.05. The Bertz CT molecular complexity index is 566. The summed E-state index contributed by atoms with van der Waals surface area (Å²) in [6, 6.07) is 13.6. The van der Waals surface area contributed by atoms with Gasteiger partial charge < -0.3 is 5.32 Å². The van der Waals surface area contributed by atoms with Crippen LogP contribution >= 0.6 is 15.9 Å². The zero-order valence-corrected chi connectivity index (χ0v) is 13.4. The number of nitrogens with one attached hydrogen (secondary N) is 1. The van der Waals surface area contributed by atoms with Gasteiger partial charge in [-0.15, -0.1) is 0 Å². The van der Waals surface area contributed by atoms with Gasteiger partial charge in [0.05, 0.1) is 0 Å². The normalized spacial score (nSPS) is 12.4. The molecule has 106 valence electrons. The zero-order chi connectivity index (χ0) is 14.5. The van der Waals surface area contributed by atoms with Gasteiger partial charge in [0, 0.05) is 17.1 Å². The monoisotopic (exact) mass is 335 g/mol. The van der Waals surface area contributed by atoms with Crippen molar-refractivity contribution in [3.8, 4) is 0 Å². The van der Waals surface area contributed by atoms with E-state index in [0.29, 0.717) is 6.04 Å². The molecule has 0 aliphatic heterocycles. The second-order valence-electron chi connectivity index (χ2n) is 4.96. The summed E-state index contributed by atoms with van der Waals surface area (Å²) in [4.78, 5) is 0. The van der Waals surface area contributed by atoms with Crippen LogP contribution in [0.15, 0.2) is 46.9 Å². The highest BCUT2D eigenvalue weighted by atomic mass is 79.9. The van der Waals surface area contributed by atoms with Gasteiger partial charge in [-0.2, -0.15) is 0 Å². The Hall–Kier alpha value is -1.19. The van der Waals surface area contributed by atoms with Crippen LogP contribution in [0.3, 0.4) is 0 Å². The Morgan fingerprint density at radius 1 is 1.15 bits per heavy atom. The van der Waals surface area contributed by atoms with Gasteiger partial charge in [-0.05, 0) is 54.3 Å². The van der Waals surface area contributed by atoms with Crippen LogP contribution in [0.25, 0.3) is 0 Å². The molecule has 0 spiro atoms. The highest BCUT2D eigenvalue weighted by Crippen LogP contribution is 2.20. The van der Waals surface area contributed by atoms with E-state index < -0.39 is 0 Å². The second kappa shape index (κ2) is 7.00. The lowest BCUT2D eigenvalue weighted by molar-refractivity contribution is 0.517. The molecule has 0 aliphatic carbocycles. The van der Waals surface area contributed by atoms with E-state index in [4.69, 9.17) is 0 Å². The third kappa shape index (κ3) is 3.90. The Morgan fingerprint density at radius 2 is 1.85 bits per heavy atom. The lowest BCUT2D eigenvalue weighted by Gasteiger charge is -2.18. The molecule has 3 heteroatoms. The van der Waals surface area contributed by atoms with Crippen molar-refractivity contribution in [2.75, 3.05) is 0 Å². The van der Waals surface area contributed by atoms with Gasteiger partial charge in [0.1, 0.15) is 5.82 Å². The topological polar surface area (TPSA) is 12.0 Å². The van der Waals surface area contributed by atoms with Crippen molar-refractivity contribution in [2.45, 2.75) is 32.9 Å². The molecule has 0 aromatic heterocycles. The highest BCUT2D eigenvalue weighted by molar-refractivity contribution is 9.10. The summed E-state index contributed by atoms with van der Waals surface area (Å²) >= 11 is 3.45. The molecule has 0 radical (unpaired) electrons. The predicted octanol–water partition coefficient (Wildman–Crippen LogP) is 5.14. The average molecular weight is 336 g/mol. The minimum Gasteiger partial charge on any atom is -0.306 e. The highest BCUT2D eigenvalue weighted by Gasteiger charge is 2.09. The lowest BCUT2D eigenvalue weighted by atomic mass is 10.0. The molecule has 20 heavy (non-hydrogen) atoms. The van der Waals surface area contributed by atoms with E-state index >= 15 is 0 Å². The number of rotatable bonds is 5. The Kier molecular flexibility index (Phi) is 5.32. The van der Waals surface area contributed by atoms with Crippen LogP contribution < -0.4 is 5.32 Å². The Labute approximate surface area is 128 Å². The van der Waals surface area contributed by atoms with Gasteiger partial charge in [-0.1, -0.05) is 41.1 Å². The molecule has 0 aliphatic rings. The van der Waals surface area contributed by atoms with Crippen molar-refractivity contribution in [1.82, 2.24) is 5.32 Å². The summed E-state index contributed by atoms with van der Waals surface area (Å²) in [7, 11) is 0. The van der Waals surface area contributed by atoms with Gasteiger partial charge in [0.25, 0.3) is 0 Å². The van der Waals surface area contributed by atoms with E-state index in [1.807, 2.05) is 13.0 Å². The van der Waals surface area contributed by atoms with Gasteiger partial charge in [0.2, 0.25) is 0 Å². The molecule has 0 saturated heterocycles. The third-order valence-corrected chi connectivity index (χ3v) is 4.05. The van der Waals surface area contributed by atoms with Crippen molar-refractivity contribution in [3.05, 3.63) is 69.4 Å². The van der Waals surface area contributed by atoms with Crippen LogP contribution in [-0.4, -0.2) is 0 Å². The van der Waals surface area contributed by atoms with E-state index in [1.165, 1.54) is 11.6 Å². The molecule has 0 bridgehead atoms. The molecule has 1 unspecified atom stereocenters. The molecular formula is C17H19BrFN. The van der Waals surface area contributed by atoms with Crippen LogP contribution in [0.2, 0.25) is 0 Å². The average Bonchev–Trinajstić information content (AvgIpc) is 2.43. The summed E-state index contributed by atoms with van der Waals surface area (Å²) in [5, 5.41) is 3.54. The van der Waals surface area contributed by atoms with Crippen LogP contribution in [0.1, 0.15) is 36.1 Å². The first-order valence-electron chi connectivity index (χ1n) is 6.84. The van der Waals surface area contributed by atoms with E-state index in [2.05, 4.69) is 52.4 Å². The van der Waals surface area contributed by atoms with Crippen molar-refractivity contribution in [3.63, 3.8) is 0 Å². The molecular weight excluding hydrogens is 317 g/mol. The maximum Gasteiger partial charge on any atom is 0.123 e. The minimum absolute atomic E-state index is 0.175. The summed E-state index contributed by atoms with van der Waals surface area (Å²) in [5.41, 5.74) is 3.40. The summed E-state index contributed by atoms with van der Waals surface area (Å²) in [6.07, 6.45) is 1.02. The number of benzene rings is 2. The number of hydrogen-bond donors (Lipinski definition) is 1. The largest absolute Gasteiger partial charge is 0.306 e. The molecule has 0 heterocycles. The molecule has 0 fully saturated rings. The van der Waals surface area contributed by atoms with Gasteiger partial charge in [-0.25, -0.2) is 4.39 Å². The Morgan fingerprint density at radius 3 is 2.45 bits per heavy atom. The van der Waals surface area contributed by atoms with Gasteiger partial charge in [0.15, 0.2) is 0 Å². The van der Waals surface area contributed by atoms with Crippen molar-refractivity contribution >= 4 is 15.9 Å². The first kappa shape index (κ1) is 15.2. The smallest absolute Gasteiger partial charge is 0.123 e. The minimum atomic E-state index is -0.175. The molecule has 0 amide bonds. The maximum atomic E-state index is 13.1. The van der Waals surface area contributed by atoms with Crippen molar-refractivity contribution in [2.24, 2.45) is 0 Å². The number of halogens is 2. The van der Waals surface area contributed by atoms with Crippen LogP contribution in [0.4, 0.5) is 4.39 Å². The lowest BCUT2D eigenvalue weighted by Crippen LogP contribution is -2.20. The fourth-order valence-corrected chi connectivity index (χ4v) is 2.55. The molecule has 0 saturated carbocycles. The van der Waals surface area contributed by atoms with Crippen LogP contribution in [0.5, 0.6) is 0 Å². The molecule has 2 rings (SSSR count). The van der Waals surface area contributed by atoms with Gasteiger partial charge in [-0.3, -0.25) is 0 Å². The van der Waals surface area contributed by atoms with E-state index in [0.717, 1.165) is 28.6 Å². The SMILES string of the molecule is CCC(NCc1ccc(F)cc1C)c1ccc(Br)cc1. The number of aryl methyl sites for hydroxylation is 1. The quantitative estimate of drug-likeness (QED) is 0.797.